The fraction of sp³-hybridized carbons (Fsp3) is 0.667. The summed E-state index contributed by atoms with van der Waals surface area (Å²) in [5.74, 6) is 0. The molecule has 1 saturated heterocycles. The van der Waals surface area contributed by atoms with Gasteiger partial charge in [-0.05, 0) is 51.9 Å². The zero-order valence-corrected chi connectivity index (χ0v) is 14.2. The Morgan fingerprint density at radius 2 is 1.62 bits per heavy atom. The van der Waals surface area contributed by atoms with Gasteiger partial charge >= 0.3 is 0 Å². The molecule has 0 radical (unpaired) electrons. The van der Waals surface area contributed by atoms with Crippen molar-refractivity contribution in [3.8, 4) is 0 Å². The van der Waals surface area contributed by atoms with Crippen LogP contribution in [-0.4, -0.2) is 55.1 Å². The van der Waals surface area contributed by atoms with Crippen LogP contribution in [-0.2, 0) is 13.0 Å². The fourth-order valence-corrected chi connectivity index (χ4v) is 2.77. The molecule has 0 aliphatic carbocycles. The number of hydrogen-bond acceptors (Lipinski definition) is 3. The van der Waals surface area contributed by atoms with E-state index < -0.39 is 0 Å². The number of likely N-dealkylation sites (N-methyl/N-ethyl adjacent to an activating group) is 1. The normalized spacial score (nSPS) is 18.1. The Balaban J connectivity index is 1.90. The van der Waals surface area contributed by atoms with Gasteiger partial charge in [0.1, 0.15) is 0 Å². The zero-order chi connectivity index (χ0) is 15.3. The van der Waals surface area contributed by atoms with E-state index in [9.17, 15) is 0 Å². The minimum Gasteiger partial charge on any atom is -0.312 e. The van der Waals surface area contributed by atoms with Gasteiger partial charge in [0.05, 0.1) is 0 Å². The monoisotopic (exact) mass is 289 g/mol. The maximum Gasteiger partial charge on any atom is 0.0237 e. The minimum atomic E-state index is 0.201. The highest BCUT2D eigenvalue weighted by Crippen LogP contribution is 2.14. The summed E-state index contributed by atoms with van der Waals surface area (Å²) in [5.41, 5.74) is 3.19. The SMILES string of the molecule is CN1CCN(Cc2ccccc2CCNC(C)(C)C)CC1. The van der Waals surface area contributed by atoms with E-state index in [1.165, 1.54) is 37.3 Å². The lowest BCUT2D eigenvalue weighted by Gasteiger charge is -2.32. The van der Waals surface area contributed by atoms with Crippen LogP contribution in [0.4, 0.5) is 0 Å². The molecule has 3 nitrogen and oxygen atoms in total. The van der Waals surface area contributed by atoms with Crippen LogP contribution in [0.5, 0.6) is 0 Å². The summed E-state index contributed by atoms with van der Waals surface area (Å²) in [7, 11) is 2.21. The Kier molecular flexibility index (Phi) is 5.80. The molecule has 0 saturated carbocycles. The number of rotatable bonds is 5. The number of piperazine rings is 1. The van der Waals surface area contributed by atoms with Crippen LogP contribution < -0.4 is 5.32 Å². The van der Waals surface area contributed by atoms with Crippen molar-refractivity contribution in [1.29, 1.82) is 0 Å². The molecule has 1 heterocycles. The van der Waals surface area contributed by atoms with Crippen molar-refractivity contribution in [3.63, 3.8) is 0 Å². The van der Waals surface area contributed by atoms with E-state index >= 15 is 0 Å². The molecule has 0 aromatic heterocycles. The van der Waals surface area contributed by atoms with Gasteiger partial charge in [-0.1, -0.05) is 24.3 Å². The number of hydrogen-bond donors (Lipinski definition) is 1. The van der Waals surface area contributed by atoms with Crippen molar-refractivity contribution in [2.75, 3.05) is 39.8 Å². The van der Waals surface area contributed by atoms with Gasteiger partial charge in [-0.2, -0.15) is 0 Å². The molecule has 0 spiro atoms. The maximum absolute atomic E-state index is 3.59. The summed E-state index contributed by atoms with van der Waals surface area (Å²) in [4.78, 5) is 4.99. The third-order valence-electron chi connectivity index (χ3n) is 4.16. The lowest BCUT2D eigenvalue weighted by Crippen LogP contribution is -2.44. The van der Waals surface area contributed by atoms with Crippen LogP contribution in [0, 0.1) is 0 Å². The lowest BCUT2D eigenvalue weighted by molar-refractivity contribution is 0.148. The third kappa shape index (κ3) is 5.77. The predicted octanol–water partition coefficient (Wildman–Crippen LogP) is 2.36. The summed E-state index contributed by atoms with van der Waals surface area (Å²) in [5, 5.41) is 3.59. The Labute approximate surface area is 130 Å². The van der Waals surface area contributed by atoms with Crippen LogP contribution in [0.25, 0.3) is 0 Å². The molecular weight excluding hydrogens is 258 g/mol. The summed E-state index contributed by atoms with van der Waals surface area (Å²) in [6.45, 7) is 13.6. The molecule has 1 N–H and O–H groups in total. The summed E-state index contributed by atoms with van der Waals surface area (Å²) in [6.07, 6.45) is 1.11. The van der Waals surface area contributed by atoms with Crippen LogP contribution in [0.2, 0.25) is 0 Å². The third-order valence-corrected chi connectivity index (χ3v) is 4.16. The van der Waals surface area contributed by atoms with Gasteiger partial charge in [0, 0.05) is 38.3 Å². The van der Waals surface area contributed by atoms with Crippen molar-refractivity contribution < 1.29 is 0 Å². The van der Waals surface area contributed by atoms with E-state index in [2.05, 4.69) is 67.2 Å². The fourth-order valence-electron chi connectivity index (χ4n) is 2.77. The quantitative estimate of drug-likeness (QED) is 0.898. The van der Waals surface area contributed by atoms with Crippen molar-refractivity contribution in [1.82, 2.24) is 15.1 Å². The number of nitrogens with zero attached hydrogens (tertiary/aromatic N) is 2. The first-order chi connectivity index (χ1) is 9.94. The Bertz CT molecular complexity index is 428. The second kappa shape index (κ2) is 7.39. The molecule has 0 bridgehead atoms. The Morgan fingerprint density at radius 3 is 2.24 bits per heavy atom. The Morgan fingerprint density at radius 1 is 1.00 bits per heavy atom. The first-order valence-corrected chi connectivity index (χ1v) is 8.17. The lowest BCUT2D eigenvalue weighted by atomic mass is 10.0. The van der Waals surface area contributed by atoms with Gasteiger partial charge < -0.3 is 10.2 Å². The smallest absolute Gasteiger partial charge is 0.0237 e. The maximum atomic E-state index is 3.59. The van der Waals surface area contributed by atoms with E-state index in [0.717, 1.165) is 19.5 Å². The highest BCUT2D eigenvalue weighted by atomic mass is 15.2. The summed E-state index contributed by atoms with van der Waals surface area (Å²) < 4.78 is 0. The molecule has 21 heavy (non-hydrogen) atoms. The van der Waals surface area contributed by atoms with E-state index in [1.807, 2.05) is 0 Å². The molecular formula is C18H31N3. The summed E-state index contributed by atoms with van der Waals surface area (Å²) in [6, 6.07) is 8.92. The largest absolute Gasteiger partial charge is 0.312 e. The highest BCUT2D eigenvalue weighted by molar-refractivity contribution is 5.27. The molecule has 1 aromatic carbocycles. The van der Waals surface area contributed by atoms with Gasteiger partial charge in [-0.3, -0.25) is 4.90 Å². The topological polar surface area (TPSA) is 18.5 Å². The van der Waals surface area contributed by atoms with Gasteiger partial charge in [-0.25, -0.2) is 0 Å². The van der Waals surface area contributed by atoms with Gasteiger partial charge in [-0.15, -0.1) is 0 Å². The van der Waals surface area contributed by atoms with Crippen molar-refractivity contribution >= 4 is 0 Å². The zero-order valence-electron chi connectivity index (χ0n) is 14.2. The molecule has 0 atom stereocenters. The van der Waals surface area contributed by atoms with E-state index in [0.29, 0.717) is 0 Å². The average molecular weight is 289 g/mol. The second-order valence-corrected chi connectivity index (χ2v) is 7.27. The Hall–Kier alpha value is -0.900. The van der Waals surface area contributed by atoms with E-state index in [1.54, 1.807) is 0 Å². The molecule has 3 heteroatoms. The minimum absolute atomic E-state index is 0.201. The highest BCUT2D eigenvalue weighted by Gasteiger charge is 2.15. The van der Waals surface area contributed by atoms with Crippen LogP contribution in [0.1, 0.15) is 31.9 Å². The predicted molar refractivity (Wildman–Crippen MR) is 90.7 cm³/mol. The first-order valence-electron chi connectivity index (χ1n) is 8.17. The van der Waals surface area contributed by atoms with E-state index in [4.69, 9.17) is 0 Å². The summed E-state index contributed by atoms with van der Waals surface area (Å²) >= 11 is 0. The number of nitrogens with one attached hydrogen (secondary N) is 1. The standard InChI is InChI=1S/C18H31N3/c1-18(2,3)19-10-9-16-7-5-6-8-17(16)15-21-13-11-20(4)12-14-21/h5-8,19H,9-15H2,1-4H3. The molecule has 1 fully saturated rings. The van der Waals surface area contributed by atoms with Gasteiger partial charge in [0.2, 0.25) is 0 Å². The van der Waals surface area contributed by atoms with Crippen molar-refractivity contribution in [3.05, 3.63) is 35.4 Å². The van der Waals surface area contributed by atoms with Crippen molar-refractivity contribution in [2.45, 2.75) is 39.3 Å². The molecule has 0 amide bonds. The number of benzene rings is 1. The second-order valence-electron chi connectivity index (χ2n) is 7.27. The van der Waals surface area contributed by atoms with Gasteiger partial charge in [0.15, 0.2) is 0 Å². The molecule has 0 unspecified atom stereocenters. The molecule has 118 valence electrons. The molecule has 1 aromatic rings. The molecule has 1 aliphatic heterocycles. The van der Waals surface area contributed by atoms with Crippen LogP contribution >= 0.6 is 0 Å². The molecule has 2 rings (SSSR count). The van der Waals surface area contributed by atoms with Gasteiger partial charge in [0.25, 0.3) is 0 Å². The van der Waals surface area contributed by atoms with E-state index in [-0.39, 0.29) is 5.54 Å². The average Bonchev–Trinajstić information content (AvgIpc) is 2.42. The first kappa shape index (κ1) is 16.5. The van der Waals surface area contributed by atoms with Crippen LogP contribution in [0.3, 0.4) is 0 Å². The van der Waals surface area contributed by atoms with Crippen LogP contribution in [0.15, 0.2) is 24.3 Å². The molecule has 1 aliphatic rings. The van der Waals surface area contributed by atoms with Crippen molar-refractivity contribution in [2.24, 2.45) is 0 Å².